The molecule has 92 valence electrons. The Morgan fingerprint density at radius 2 is 2.29 bits per heavy atom. The van der Waals surface area contributed by atoms with E-state index in [0.717, 1.165) is 11.2 Å². The van der Waals surface area contributed by atoms with Crippen molar-refractivity contribution >= 4 is 27.6 Å². The van der Waals surface area contributed by atoms with Crippen molar-refractivity contribution in [1.82, 2.24) is 10.3 Å². The maximum Gasteiger partial charge on any atom is 0.407 e. The Kier molecular flexibility index (Phi) is 3.11. The van der Waals surface area contributed by atoms with E-state index in [1.165, 1.54) is 4.70 Å². The van der Waals surface area contributed by atoms with Gasteiger partial charge in [0.05, 0.1) is 16.8 Å². The normalized spacial score (nSPS) is 11.7. The fourth-order valence-corrected chi connectivity index (χ4v) is 2.29. The monoisotopic (exact) mass is 252 g/mol. The van der Waals surface area contributed by atoms with Gasteiger partial charge >= 0.3 is 6.09 Å². The summed E-state index contributed by atoms with van der Waals surface area (Å²) >= 11 is 1.68. The number of thiophene rings is 1. The highest BCUT2D eigenvalue weighted by atomic mass is 32.1. The molecular weight excluding hydrogens is 236 g/mol. The van der Waals surface area contributed by atoms with Gasteiger partial charge in [0.1, 0.15) is 5.60 Å². The maximum absolute atomic E-state index is 11.4. The summed E-state index contributed by atoms with van der Waals surface area (Å²) in [5.41, 5.74) is 1.63. The summed E-state index contributed by atoms with van der Waals surface area (Å²) in [7, 11) is 0. The molecule has 1 amide bonds. The van der Waals surface area contributed by atoms with E-state index in [1.54, 1.807) is 11.3 Å². The molecule has 0 aliphatic rings. The van der Waals surface area contributed by atoms with Crippen molar-refractivity contribution in [3.8, 4) is 0 Å². The van der Waals surface area contributed by atoms with Crippen LogP contribution in [0, 0.1) is 0 Å². The van der Waals surface area contributed by atoms with E-state index in [9.17, 15) is 4.79 Å². The van der Waals surface area contributed by atoms with Crippen LogP contribution in [0.4, 0.5) is 4.79 Å². The number of hydrogen-bond donors (Lipinski definition) is 2. The average molecular weight is 252 g/mol. The molecule has 0 unspecified atom stereocenters. The van der Waals surface area contributed by atoms with Crippen molar-refractivity contribution in [1.29, 1.82) is 0 Å². The Morgan fingerprint density at radius 3 is 2.94 bits per heavy atom. The Bertz CT molecular complexity index is 493. The van der Waals surface area contributed by atoms with E-state index in [-0.39, 0.29) is 0 Å². The van der Waals surface area contributed by atoms with Gasteiger partial charge in [-0.05, 0) is 38.3 Å². The quantitative estimate of drug-likeness (QED) is 0.862. The third kappa shape index (κ3) is 3.23. The molecule has 0 spiro atoms. The molecular formula is C12H16N2O2S. The highest BCUT2D eigenvalue weighted by molar-refractivity contribution is 7.17. The number of nitrogens with one attached hydrogen (secondary N) is 2. The first-order valence-electron chi connectivity index (χ1n) is 5.46. The van der Waals surface area contributed by atoms with Gasteiger partial charge in [0, 0.05) is 5.69 Å². The number of H-pyrrole nitrogens is 1. The zero-order chi connectivity index (χ0) is 12.5. The minimum absolute atomic E-state index is 0.393. The lowest BCUT2D eigenvalue weighted by Gasteiger charge is -2.19. The number of alkyl carbamates (subject to hydrolysis) is 1. The van der Waals surface area contributed by atoms with Crippen molar-refractivity contribution in [2.75, 3.05) is 0 Å². The molecule has 2 heterocycles. The zero-order valence-electron chi connectivity index (χ0n) is 10.2. The number of aromatic nitrogens is 1. The Morgan fingerprint density at radius 1 is 1.53 bits per heavy atom. The van der Waals surface area contributed by atoms with Crippen LogP contribution in [0.1, 0.15) is 26.5 Å². The second-order valence-electron chi connectivity index (χ2n) is 4.85. The van der Waals surface area contributed by atoms with E-state index >= 15 is 0 Å². The highest BCUT2D eigenvalue weighted by Crippen LogP contribution is 2.21. The van der Waals surface area contributed by atoms with Crippen molar-refractivity contribution in [3.05, 3.63) is 23.2 Å². The maximum atomic E-state index is 11.4. The topological polar surface area (TPSA) is 54.1 Å². The number of fused-ring (bicyclic) bond motifs is 1. The lowest BCUT2D eigenvalue weighted by atomic mass is 10.2. The number of carbonyl (C=O) groups is 1. The molecule has 0 radical (unpaired) electrons. The first-order chi connectivity index (χ1) is 7.94. The molecule has 0 saturated heterocycles. The zero-order valence-corrected chi connectivity index (χ0v) is 11.0. The van der Waals surface area contributed by atoms with Gasteiger partial charge in [-0.15, -0.1) is 11.3 Å². The van der Waals surface area contributed by atoms with Crippen molar-refractivity contribution in [2.24, 2.45) is 0 Å². The van der Waals surface area contributed by atoms with Crippen LogP contribution in [-0.2, 0) is 11.3 Å². The van der Waals surface area contributed by atoms with Crippen molar-refractivity contribution < 1.29 is 9.53 Å². The van der Waals surface area contributed by atoms with E-state index in [4.69, 9.17) is 4.74 Å². The van der Waals surface area contributed by atoms with Gasteiger partial charge in [-0.1, -0.05) is 0 Å². The first-order valence-corrected chi connectivity index (χ1v) is 6.34. The average Bonchev–Trinajstić information content (AvgIpc) is 2.70. The Labute approximate surface area is 104 Å². The molecule has 2 aromatic rings. The van der Waals surface area contributed by atoms with E-state index in [0.29, 0.717) is 6.54 Å². The van der Waals surface area contributed by atoms with Crippen LogP contribution in [0.15, 0.2) is 17.5 Å². The minimum atomic E-state index is -0.458. The SMILES string of the molecule is CC(C)(C)OC(=O)NCc1cc2sccc2[nH]1. The summed E-state index contributed by atoms with van der Waals surface area (Å²) in [6.45, 7) is 5.99. The first kappa shape index (κ1) is 12.0. The summed E-state index contributed by atoms with van der Waals surface area (Å²) in [6, 6.07) is 4.06. The van der Waals surface area contributed by atoms with E-state index in [1.807, 2.05) is 38.3 Å². The third-order valence-corrected chi connectivity index (χ3v) is 2.98. The number of carbonyl (C=O) groups excluding carboxylic acids is 1. The minimum Gasteiger partial charge on any atom is -0.444 e. The van der Waals surface area contributed by atoms with Gasteiger partial charge in [-0.2, -0.15) is 0 Å². The predicted octanol–water partition coefficient (Wildman–Crippen LogP) is 3.25. The summed E-state index contributed by atoms with van der Waals surface area (Å²) in [5, 5.41) is 4.75. The standard InChI is InChI=1S/C12H16N2O2S/c1-12(2,3)16-11(15)13-7-8-6-10-9(14-8)4-5-17-10/h4-6,14H,7H2,1-3H3,(H,13,15). The molecule has 0 aliphatic carbocycles. The van der Waals surface area contributed by atoms with Crippen LogP contribution < -0.4 is 5.32 Å². The number of aromatic amines is 1. The number of rotatable bonds is 2. The van der Waals surface area contributed by atoms with Gasteiger partial charge in [0.15, 0.2) is 0 Å². The molecule has 2 N–H and O–H groups in total. The number of amides is 1. The lowest BCUT2D eigenvalue weighted by Crippen LogP contribution is -2.32. The molecule has 2 rings (SSSR count). The fraction of sp³-hybridized carbons (Fsp3) is 0.417. The molecule has 5 heteroatoms. The van der Waals surface area contributed by atoms with E-state index in [2.05, 4.69) is 10.3 Å². The molecule has 0 aromatic carbocycles. The summed E-state index contributed by atoms with van der Waals surface area (Å²) < 4.78 is 6.35. The smallest absolute Gasteiger partial charge is 0.407 e. The van der Waals surface area contributed by atoms with Crippen LogP contribution in [-0.4, -0.2) is 16.7 Å². The van der Waals surface area contributed by atoms with Gasteiger partial charge in [-0.25, -0.2) is 4.79 Å². The summed E-state index contributed by atoms with van der Waals surface area (Å²) in [4.78, 5) is 14.7. The van der Waals surface area contributed by atoms with Crippen LogP contribution >= 0.6 is 11.3 Å². The van der Waals surface area contributed by atoms with E-state index < -0.39 is 11.7 Å². The predicted molar refractivity (Wildman–Crippen MR) is 69.2 cm³/mol. The van der Waals surface area contributed by atoms with Gasteiger partial charge in [-0.3, -0.25) is 0 Å². The molecule has 0 atom stereocenters. The number of hydrogen-bond acceptors (Lipinski definition) is 3. The van der Waals surface area contributed by atoms with Gasteiger partial charge in [0.2, 0.25) is 0 Å². The van der Waals surface area contributed by atoms with Crippen LogP contribution in [0.25, 0.3) is 10.2 Å². The van der Waals surface area contributed by atoms with Crippen LogP contribution in [0.3, 0.4) is 0 Å². The second-order valence-corrected chi connectivity index (χ2v) is 5.80. The van der Waals surface area contributed by atoms with Crippen molar-refractivity contribution in [2.45, 2.75) is 32.9 Å². The molecule has 0 aliphatic heterocycles. The fourth-order valence-electron chi connectivity index (χ4n) is 1.48. The molecule has 0 saturated carbocycles. The molecule has 4 nitrogen and oxygen atoms in total. The second kappa shape index (κ2) is 4.41. The van der Waals surface area contributed by atoms with Gasteiger partial charge in [0.25, 0.3) is 0 Å². The molecule has 2 aromatic heterocycles. The van der Waals surface area contributed by atoms with Gasteiger partial charge < -0.3 is 15.0 Å². The molecule has 0 bridgehead atoms. The number of ether oxygens (including phenoxy) is 1. The summed E-state index contributed by atoms with van der Waals surface area (Å²) in [5.74, 6) is 0. The molecule has 17 heavy (non-hydrogen) atoms. The Balaban J connectivity index is 1.90. The third-order valence-electron chi connectivity index (χ3n) is 2.12. The van der Waals surface area contributed by atoms with Crippen LogP contribution in [0.2, 0.25) is 0 Å². The summed E-state index contributed by atoms with van der Waals surface area (Å²) in [6.07, 6.45) is -0.393. The van der Waals surface area contributed by atoms with Crippen LogP contribution in [0.5, 0.6) is 0 Å². The largest absolute Gasteiger partial charge is 0.444 e. The molecule has 0 fully saturated rings. The Hall–Kier alpha value is -1.49. The lowest BCUT2D eigenvalue weighted by molar-refractivity contribution is 0.0523. The highest BCUT2D eigenvalue weighted by Gasteiger charge is 2.15. The van der Waals surface area contributed by atoms with Crippen molar-refractivity contribution in [3.63, 3.8) is 0 Å².